The number of hydrogen-bond donors (Lipinski definition) is 0. The van der Waals surface area contributed by atoms with Crippen LogP contribution >= 0.6 is 11.6 Å². The summed E-state index contributed by atoms with van der Waals surface area (Å²) in [6.07, 6.45) is 0. The molecule has 0 aliphatic carbocycles. The topological polar surface area (TPSA) is 72.6 Å². The zero-order chi connectivity index (χ0) is 37.0. The van der Waals surface area contributed by atoms with E-state index in [1.807, 2.05) is 35.0 Å². The summed E-state index contributed by atoms with van der Waals surface area (Å²) in [6.45, 7) is 26.4. The first-order chi connectivity index (χ1) is 24.0. The molecule has 0 radical (unpaired) electrons. The summed E-state index contributed by atoms with van der Waals surface area (Å²) in [5.74, 6) is 1.41. The number of fused-ring (bicyclic) bond motifs is 2. The summed E-state index contributed by atoms with van der Waals surface area (Å²) in [5.41, 5.74) is 6.86. The van der Waals surface area contributed by atoms with E-state index in [1.165, 1.54) is 0 Å². The summed E-state index contributed by atoms with van der Waals surface area (Å²) >= 11 is 6.80. The van der Waals surface area contributed by atoms with Gasteiger partial charge in [-0.3, -0.25) is 4.57 Å². The van der Waals surface area contributed by atoms with Crippen LogP contribution in [0.2, 0.25) is 82.1 Å². The third kappa shape index (κ3) is 10.9. The molecule has 276 valence electrons. The summed E-state index contributed by atoms with van der Waals surface area (Å²) in [7, 11) is -3.64. The maximum Gasteiger partial charge on any atom is 0.189 e. The van der Waals surface area contributed by atoms with Gasteiger partial charge in [-0.05, 0) is 78.1 Å². The van der Waals surface area contributed by atoms with E-state index in [0.717, 1.165) is 74.9 Å². The van der Waals surface area contributed by atoms with E-state index >= 15 is 0 Å². The van der Waals surface area contributed by atoms with Gasteiger partial charge in [0.15, 0.2) is 12.6 Å². The van der Waals surface area contributed by atoms with E-state index in [2.05, 4.69) is 94.7 Å². The van der Waals surface area contributed by atoms with Gasteiger partial charge in [-0.1, -0.05) is 88.7 Å². The maximum atomic E-state index is 6.80. The van der Waals surface area contributed by atoms with Crippen LogP contribution < -0.4 is 4.74 Å². The van der Waals surface area contributed by atoms with Crippen LogP contribution in [0.4, 0.5) is 0 Å². The van der Waals surface area contributed by atoms with Gasteiger partial charge >= 0.3 is 0 Å². The Kier molecular flexibility index (Phi) is 12.7. The molecule has 0 N–H and O–H groups in total. The smallest absolute Gasteiger partial charge is 0.189 e. The van der Waals surface area contributed by atoms with Crippen LogP contribution in [0.5, 0.6) is 5.75 Å². The highest BCUT2D eigenvalue weighted by Crippen LogP contribution is 2.37. The number of rotatable bonds is 18. The highest BCUT2D eigenvalue weighted by molar-refractivity contribution is 6.76. The van der Waals surface area contributed by atoms with Gasteiger partial charge in [-0.15, -0.1) is 0 Å². The quantitative estimate of drug-likeness (QED) is 0.0502. The molecule has 5 rings (SSSR count). The molecule has 12 heteroatoms. The molecule has 0 atom stereocenters. The van der Waals surface area contributed by atoms with Crippen LogP contribution in [0, 0.1) is 6.92 Å². The molecule has 0 bridgehead atoms. The average molecular weight is 766 g/mol. The number of nitrogens with zero attached hydrogens (tertiary/aromatic N) is 4. The number of hydrogen-bond acceptors (Lipinski definition) is 6. The molecule has 0 aliphatic rings. The van der Waals surface area contributed by atoms with Crippen molar-refractivity contribution in [3.63, 3.8) is 0 Å². The lowest BCUT2D eigenvalue weighted by molar-refractivity contribution is 0.0221. The maximum absolute atomic E-state index is 6.80. The Hall–Kier alpha value is -2.78. The van der Waals surface area contributed by atoms with Gasteiger partial charge in [0, 0.05) is 49.4 Å². The van der Waals surface area contributed by atoms with Crippen molar-refractivity contribution < 1.29 is 18.9 Å². The average Bonchev–Trinajstić information content (AvgIpc) is 3.58. The highest BCUT2D eigenvalue weighted by Gasteiger charge is 2.22. The predicted octanol–water partition coefficient (Wildman–Crippen LogP) is 11.0. The Morgan fingerprint density at radius 3 is 2.00 bits per heavy atom. The number of halogens is 1. The number of ether oxygens (including phenoxy) is 4. The molecular formula is C39H57ClN4O4Si3. The molecule has 0 unspecified atom stereocenters. The number of aryl methyl sites for hydroxylation is 1. The van der Waals surface area contributed by atoms with Gasteiger partial charge in [0.25, 0.3) is 0 Å². The van der Waals surface area contributed by atoms with Gasteiger partial charge in [0.05, 0.1) is 21.6 Å². The highest BCUT2D eigenvalue weighted by atomic mass is 35.5. The van der Waals surface area contributed by atoms with Crippen LogP contribution in [-0.4, -0.2) is 70.2 Å². The van der Waals surface area contributed by atoms with E-state index in [-0.39, 0.29) is 6.79 Å². The summed E-state index contributed by atoms with van der Waals surface area (Å²) in [5, 5.41) is 6.74. The van der Waals surface area contributed by atoms with E-state index in [4.69, 9.17) is 40.6 Å². The molecule has 2 aromatic heterocycles. The van der Waals surface area contributed by atoms with Gasteiger partial charge in [-0.25, -0.2) is 9.67 Å². The van der Waals surface area contributed by atoms with Crippen molar-refractivity contribution in [3.8, 4) is 28.4 Å². The fourth-order valence-corrected chi connectivity index (χ4v) is 8.16. The van der Waals surface area contributed by atoms with Crippen molar-refractivity contribution in [1.82, 2.24) is 19.3 Å². The molecule has 2 heterocycles. The van der Waals surface area contributed by atoms with Gasteiger partial charge < -0.3 is 18.9 Å². The predicted molar refractivity (Wildman–Crippen MR) is 221 cm³/mol. The van der Waals surface area contributed by atoms with Gasteiger partial charge in [0.1, 0.15) is 24.9 Å². The number of imidazole rings is 1. The van der Waals surface area contributed by atoms with Crippen LogP contribution in [-0.2, 0) is 27.7 Å². The SMILES string of the molecule is Cc1cc(OCOCC[Si](C)(C)C)c(Cl)cc1-c1ccc2c(-c3nc4ccccc4n3COCC[Si](C)(C)C)nn(COCC[Si](C)(C)C)c2c1. The Labute approximate surface area is 312 Å². The van der Waals surface area contributed by atoms with Crippen molar-refractivity contribution in [2.24, 2.45) is 0 Å². The van der Waals surface area contributed by atoms with Crippen molar-refractivity contribution in [2.75, 3.05) is 26.6 Å². The van der Waals surface area contributed by atoms with E-state index in [9.17, 15) is 0 Å². The van der Waals surface area contributed by atoms with Crippen LogP contribution in [0.25, 0.3) is 44.6 Å². The minimum atomic E-state index is -1.25. The number of benzene rings is 3. The Morgan fingerprint density at radius 2 is 1.33 bits per heavy atom. The molecule has 0 spiro atoms. The number of aromatic nitrogens is 4. The second-order valence-corrected chi connectivity index (χ2v) is 34.5. The minimum Gasteiger partial charge on any atom is -0.466 e. The molecule has 3 aromatic carbocycles. The van der Waals surface area contributed by atoms with Crippen LogP contribution in [0.3, 0.4) is 0 Å². The molecule has 0 saturated heterocycles. The van der Waals surface area contributed by atoms with E-state index in [1.54, 1.807) is 0 Å². The molecule has 51 heavy (non-hydrogen) atoms. The zero-order valence-electron chi connectivity index (χ0n) is 32.4. The van der Waals surface area contributed by atoms with E-state index < -0.39 is 24.2 Å². The van der Waals surface area contributed by atoms with Gasteiger partial charge in [0.2, 0.25) is 0 Å². The largest absolute Gasteiger partial charge is 0.466 e. The fourth-order valence-electron chi connectivity index (χ4n) is 5.67. The number of para-hydroxylation sites is 2. The molecule has 8 nitrogen and oxygen atoms in total. The minimum absolute atomic E-state index is 0.183. The fraction of sp³-hybridized carbons (Fsp3) is 0.487. The molecule has 0 aliphatic heterocycles. The second-order valence-electron chi connectivity index (χ2n) is 17.2. The normalized spacial score (nSPS) is 12.8. The lowest BCUT2D eigenvalue weighted by Gasteiger charge is -2.16. The molecule has 0 fully saturated rings. The lowest BCUT2D eigenvalue weighted by Crippen LogP contribution is -2.22. The lowest BCUT2D eigenvalue weighted by atomic mass is 9.99. The van der Waals surface area contributed by atoms with Crippen LogP contribution in [0.1, 0.15) is 5.56 Å². The Balaban J connectivity index is 1.49. The zero-order valence-corrected chi connectivity index (χ0v) is 36.1. The van der Waals surface area contributed by atoms with Crippen molar-refractivity contribution in [1.29, 1.82) is 0 Å². The van der Waals surface area contributed by atoms with Gasteiger partial charge in [-0.2, -0.15) is 5.10 Å². The first kappa shape index (κ1) is 39.4. The standard InChI is InChI=1S/C39H57ClN4O4Si3/c1-29-23-37(48-28-47-19-22-51(8,9)10)33(40)25-32(29)30-15-16-31-36(24-30)44(27-46-18-21-50(5,6)7)42-38(31)39-41-34-13-11-12-14-35(34)43(39)26-45-17-20-49(2,3)4/h11-16,23-25H,17-22,26-28H2,1-10H3. The van der Waals surface area contributed by atoms with Crippen molar-refractivity contribution >= 4 is 57.8 Å². The van der Waals surface area contributed by atoms with Crippen LogP contribution in [0.15, 0.2) is 54.6 Å². The van der Waals surface area contributed by atoms with E-state index in [0.29, 0.717) is 37.4 Å². The Morgan fingerprint density at radius 1 is 0.706 bits per heavy atom. The second kappa shape index (κ2) is 16.5. The Bertz CT molecular complexity index is 1940. The molecule has 0 amide bonds. The van der Waals surface area contributed by atoms with Crippen molar-refractivity contribution in [3.05, 3.63) is 65.2 Å². The summed E-state index contributed by atoms with van der Waals surface area (Å²) < 4.78 is 28.4. The molecule has 5 aromatic rings. The third-order valence-electron chi connectivity index (χ3n) is 8.93. The monoisotopic (exact) mass is 764 g/mol. The first-order valence-electron chi connectivity index (χ1n) is 18.1. The molecular weight excluding hydrogens is 708 g/mol. The summed E-state index contributed by atoms with van der Waals surface area (Å²) in [4.78, 5) is 5.11. The van der Waals surface area contributed by atoms with Crippen molar-refractivity contribution in [2.45, 2.75) is 97.4 Å². The summed E-state index contributed by atoms with van der Waals surface area (Å²) in [6, 6.07) is 22.0. The third-order valence-corrected chi connectivity index (χ3v) is 14.3. The molecule has 0 saturated carbocycles. The first-order valence-corrected chi connectivity index (χ1v) is 29.6.